The van der Waals surface area contributed by atoms with Gasteiger partial charge >= 0.3 is 5.97 Å². The van der Waals surface area contributed by atoms with Gasteiger partial charge in [0.15, 0.2) is 0 Å². The van der Waals surface area contributed by atoms with Crippen molar-refractivity contribution in [2.24, 2.45) is 0 Å². The maximum absolute atomic E-state index is 10.8. The fourth-order valence-corrected chi connectivity index (χ4v) is 2.49. The molecule has 0 bridgehead atoms. The van der Waals surface area contributed by atoms with Crippen molar-refractivity contribution in [2.45, 2.75) is 17.1 Å². The lowest BCUT2D eigenvalue weighted by Crippen LogP contribution is -2.10. The number of fused-ring (bicyclic) bond motifs is 1. The van der Waals surface area contributed by atoms with E-state index >= 15 is 0 Å². The molecule has 0 unspecified atom stereocenters. The molecule has 1 N–H and O–H groups in total. The van der Waals surface area contributed by atoms with Gasteiger partial charge in [0, 0.05) is 4.90 Å². The molecule has 2 aromatic carbocycles. The molecule has 0 heterocycles. The van der Waals surface area contributed by atoms with Crippen LogP contribution in [0.2, 0.25) is 0 Å². The highest BCUT2D eigenvalue weighted by Gasteiger charge is 2.13. The van der Waals surface area contributed by atoms with Gasteiger partial charge in [0.05, 0.1) is 0 Å². The molecule has 0 aliphatic carbocycles. The van der Waals surface area contributed by atoms with Gasteiger partial charge in [-0.1, -0.05) is 36.4 Å². The van der Waals surface area contributed by atoms with E-state index in [-0.39, 0.29) is 0 Å². The molecule has 0 saturated carbocycles. The Morgan fingerprint density at radius 3 is 2.62 bits per heavy atom. The van der Waals surface area contributed by atoms with Crippen LogP contribution in [0.3, 0.4) is 0 Å². The van der Waals surface area contributed by atoms with Crippen LogP contribution in [0.15, 0.2) is 47.4 Å². The molecule has 3 heteroatoms. The van der Waals surface area contributed by atoms with Crippen molar-refractivity contribution < 1.29 is 9.90 Å². The van der Waals surface area contributed by atoms with Gasteiger partial charge in [0.1, 0.15) is 5.25 Å². The van der Waals surface area contributed by atoms with Crippen LogP contribution in [-0.2, 0) is 4.79 Å². The third-order valence-electron chi connectivity index (χ3n) is 2.40. The van der Waals surface area contributed by atoms with Crippen molar-refractivity contribution in [1.29, 1.82) is 0 Å². The zero-order valence-corrected chi connectivity index (χ0v) is 9.70. The minimum absolute atomic E-state index is 0.425. The maximum Gasteiger partial charge on any atom is 0.316 e. The highest BCUT2D eigenvalue weighted by atomic mass is 32.2. The van der Waals surface area contributed by atoms with Crippen molar-refractivity contribution in [1.82, 2.24) is 0 Å². The highest BCUT2D eigenvalue weighted by molar-refractivity contribution is 8.00. The van der Waals surface area contributed by atoms with Crippen molar-refractivity contribution in [2.75, 3.05) is 0 Å². The Morgan fingerprint density at radius 2 is 1.88 bits per heavy atom. The average Bonchev–Trinajstić information content (AvgIpc) is 2.29. The normalized spacial score (nSPS) is 12.6. The van der Waals surface area contributed by atoms with Gasteiger partial charge in [-0.05, 0) is 23.8 Å². The van der Waals surface area contributed by atoms with Crippen LogP contribution in [-0.4, -0.2) is 16.3 Å². The minimum atomic E-state index is -0.780. The molecule has 0 aromatic heterocycles. The van der Waals surface area contributed by atoms with E-state index in [1.165, 1.54) is 11.8 Å². The van der Waals surface area contributed by atoms with Gasteiger partial charge < -0.3 is 5.11 Å². The van der Waals surface area contributed by atoms with Gasteiger partial charge in [-0.3, -0.25) is 4.79 Å². The van der Waals surface area contributed by atoms with Crippen LogP contribution in [0.5, 0.6) is 0 Å². The molecule has 2 aromatic rings. The first-order valence-electron chi connectivity index (χ1n) is 5.05. The Balaban J connectivity index is 2.41. The number of rotatable bonds is 3. The summed E-state index contributed by atoms with van der Waals surface area (Å²) < 4.78 is 0. The molecule has 2 rings (SSSR count). The predicted octanol–water partition coefficient (Wildman–Crippen LogP) is 3.41. The monoisotopic (exact) mass is 232 g/mol. The Morgan fingerprint density at radius 1 is 1.19 bits per heavy atom. The Kier molecular flexibility index (Phi) is 3.15. The van der Waals surface area contributed by atoms with Gasteiger partial charge in [-0.2, -0.15) is 0 Å². The number of carbonyl (C=O) groups is 1. The van der Waals surface area contributed by atoms with Gasteiger partial charge in [0.25, 0.3) is 0 Å². The predicted molar refractivity (Wildman–Crippen MR) is 66.9 cm³/mol. The summed E-state index contributed by atoms with van der Waals surface area (Å²) in [5.41, 5.74) is 0. The number of aliphatic carboxylic acids is 1. The van der Waals surface area contributed by atoms with Crippen molar-refractivity contribution in [3.8, 4) is 0 Å². The smallest absolute Gasteiger partial charge is 0.316 e. The second-order valence-corrected chi connectivity index (χ2v) is 4.96. The first-order chi connectivity index (χ1) is 7.68. The SMILES string of the molecule is C[C@@H](Sc1cccc2ccccc12)C(=O)O. The summed E-state index contributed by atoms with van der Waals surface area (Å²) in [6.45, 7) is 1.70. The summed E-state index contributed by atoms with van der Waals surface area (Å²) in [6, 6.07) is 14.0. The van der Waals surface area contributed by atoms with E-state index in [2.05, 4.69) is 0 Å². The first-order valence-corrected chi connectivity index (χ1v) is 5.93. The molecule has 2 nitrogen and oxygen atoms in total. The molecule has 82 valence electrons. The molecule has 1 atom stereocenters. The largest absolute Gasteiger partial charge is 0.480 e. The lowest BCUT2D eigenvalue weighted by Gasteiger charge is -2.08. The van der Waals surface area contributed by atoms with E-state index in [1.807, 2.05) is 42.5 Å². The lowest BCUT2D eigenvalue weighted by atomic mass is 10.1. The second-order valence-electron chi connectivity index (χ2n) is 3.58. The molecular weight excluding hydrogens is 220 g/mol. The number of hydrogen-bond acceptors (Lipinski definition) is 2. The number of hydrogen-bond donors (Lipinski definition) is 1. The third-order valence-corrected chi connectivity index (χ3v) is 3.57. The van der Waals surface area contributed by atoms with E-state index < -0.39 is 11.2 Å². The van der Waals surface area contributed by atoms with Gasteiger partial charge in [-0.25, -0.2) is 0 Å². The summed E-state index contributed by atoms with van der Waals surface area (Å²) in [7, 11) is 0. The molecule has 0 radical (unpaired) electrons. The number of carboxylic acid groups (broad SMARTS) is 1. The Hall–Kier alpha value is -1.48. The maximum atomic E-state index is 10.8. The van der Waals surface area contributed by atoms with Crippen LogP contribution in [0.1, 0.15) is 6.92 Å². The zero-order chi connectivity index (χ0) is 11.5. The van der Waals surface area contributed by atoms with E-state index in [0.29, 0.717) is 0 Å². The molecule has 0 amide bonds. The van der Waals surface area contributed by atoms with Crippen LogP contribution in [0.25, 0.3) is 10.8 Å². The molecule has 16 heavy (non-hydrogen) atoms. The molecule has 0 fully saturated rings. The topological polar surface area (TPSA) is 37.3 Å². The van der Waals surface area contributed by atoms with Crippen LogP contribution < -0.4 is 0 Å². The Bertz CT molecular complexity index is 517. The molecule has 0 aliphatic heterocycles. The average molecular weight is 232 g/mol. The molecule has 0 saturated heterocycles. The first kappa shape index (κ1) is 11.0. The summed E-state index contributed by atoms with van der Waals surface area (Å²) in [6.07, 6.45) is 0. The standard InChI is InChI=1S/C13H12O2S/c1-9(13(14)15)16-12-8-4-6-10-5-2-3-7-11(10)12/h2-9H,1H3,(H,14,15)/t9-/m1/s1. The zero-order valence-electron chi connectivity index (χ0n) is 8.88. The molecule has 0 aliphatic rings. The van der Waals surface area contributed by atoms with E-state index in [1.54, 1.807) is 6.92 Å². The van der Waals surface area contributed by atoms with Crippen molar-refractivity contribution in [3.63, 3.8) is 0 Å². The van der Waals surface area contributed by atoms with E-state index in [0.717, 1.165) is 15.7 Å². The van der Waals surface area contributed by atoms with E-state index in [9.17, 15) is 4.79 Å². The third kappa shape index (κ3) is 2.19. The van der Waals surface area contributed by atoms with Crippen LogP contribution in [0, 0.1) is 0 Å². The fourth-order valence-electron chi connectivity index (χ4n) is 1.54. The minimum Gasteiger partial charge on any atom is -0.480 e. The summed E-state index contributed by atoms with van der Waals surface area (Å²) in [5, 5.41) is 10.7. The molecular formula is C13H12O2S. The summed E-state index contributed by atoms with van der Waals surface area (Å²) in [4.78, 5) is 11.8. The second kappa shape index (κ2) is 4.58. The summed E-state index contributed by atoms with van der Waals surface area (Å²) in [5.74, 6) is -0.780. The van der Waals surface area contributed by atoms with Gasteiger partial charge in [0.2, 0.25) is 0 Å². The Labute approximate surface area is 98.3 Å². The van der Waals surface area contributed by atoms with Crippen molar-refractivity contribution >= 4 is 28.5 Å². The number of carboxylic acids is 1. The number of thioether (sulfide) groups is 1. The van der Waals surface area contributed by atoms with Crippen LogP contribution >= 0.6 is 11.8 Å². The van der Waals surface area contributed by atoms with Crippen molar-refractivity contribution in [3.05, 3.63) is 42.5 Å². The van der Waals surface area contributed by atoms with E-state index in [4.69, 9.17) is 5.11 Å². The van der Waals surface area contributed by atoms with Crippen LogP contribution in [0.4, 0.5) is 0 Å². The highest BCUT2D eigenvalue weighted by Crippen LogP contribution is 2.30. The fraction of sp³-hybridized carbons (Fsp3) is 0.154. The number of benzene rings is 2. The lowest BCUT2D eigenvalue weighted by molar-refractivity contribution is -0.136. The summed E-state index contributed by atoms with van der Waals surface area (Å²) >= 11 is 1.38. The molecule has 0 spiro atoms. The van der Waals surface area contributed by atoms with Gasteiger partial charge in [-0.15, -0.1) is 11.8 Å². The quantitative estimate of drug-likeness (QED) is 0.824.